The van der Waals surface area contributed by atoms with Crippen LogP contribution in [0.15, 0.2) is 24.3 Å². The molecule has 1 aromatic rings. The fourth-order valence-electron chi connectivity index (χ4n) is 3.17. The van der Waals surface area contributed by atoms with Crippen LogP contribution in [0.3, 0.4) is 0 Å². The first-order chi connectivity index (χ1) is 11.0. The Balaban J connectivity index is 2.16. The first kappa shape index (κ1) is 18.3. The van der Waals surface area contributed by atoms with Crippen molar-refractivity contribution in [3.63, 3.8) is 0 Å². The zero-order valence-corrected chi connectivity index (χ0v) is 15.2. The van der Waals surface area contributed by atoms with Gasteiger partial charge >= 0.3 is 12.0 Å². The number of nitrogens with zero attached hydrogens (tertiary/aromatic N) is 1. The molecule has 2 unspecified atom stereocenters. The lowest BCUT2D eigenvalue weighted by atomic mass is 9.82. The molecule has 0 aliphatic carbocycles. The van der Waals surface area contributed by atoms with E-state index in [1.54, 1.807) is 11.8 Å². The largest absolute Gasteiger partial charge is 0.481 e. The van der Waals surface area contributed by atoms with Gasteiger partial charge in [-0.1, -0.05) is 50.6 Å². The van der Waals surface area contributed by atoms with Gasteiger partial charge in [-0.2, -0.15) is 0 Å². The highest BCUT2D eigenvalue weighted by Gasteiger charge is 2.43. The molecule has 0 saturated carbocycles. The van der Waals surface area contributed by atoms with Crippen molar-refractivity contribution in [1.82, 2.24) is 10.2 Å². The molecule has 0 aromatic heterocycles. The summed E-state index contributed by atoms with van der Waals surface area (Å²) in [5.41, 5.74) is 1.21. The van der Waals surface area contributed by atoms with Gasteiger partial charge in [-0.3, -0.25) is 4.79 Å². The zero-order chi connectivity index (χ0) is 18.1. The average Bonchev–Trinajstić information content (AvgIpc) is 2.87. The SMILES string of the molecule is Cc1cccc(C(NC(=O)N2CCC(C)(C(=O)O)C2)C(C)(C)C)c1. The fourth-order valence-corrected chi connectivity index (χ4v) is 3.17. The van der Waals surface area contributed by atoms with E-state index in [0.29, 0.717) is 13.0 Å². The Kier molecular flexibility index (Phi) is 4.92. The summed E-state index contributed by atoms with van der Waals surface area (Å²) in [6.07, 6.45) is 0.486. The van der Waals surface area contributed by atoms with E-state index in [1.165, 1.54) is 0 Å². The van der Waals surface area contributed by atoms with E-state index in [-0.39, 0.29) is 24.0 Å². The molecule has 1 aliphatic heterocycles. The molecular formula is C19H28N2O3. The Morgan fingerprint density at radius 1 is 1.33 bits per heavy atom. The van der Waals surface area contributed by atoms with Gasteiger partial charge in [0.05, 0.1) is 11.5 Å². The molecule has 2 atom stereocenters. The van der Waals surface area contributed by atoms with Gasteiger partial charge in [0.2, 0.25) is 0 Å². The van der Waals surface area contributed by atoms with Crippen LogP contribution in [0.4, 0.5) is 4.79 Å². The van der Waals surface area contributed by atoms with Crippen LogP contribution in [0.1, 0.15) is 51.3 Å². The van der Waals surface area contributed by atoms with Crippen molar-refractivity contribution in [2.45, 2.75) is 47.1 Å². The summed E-state index contributed by atoms with van der Waals surface area (Å²) >= 11 is 0. The highest BCUT2D eigenvalue weighted by atomic mass is 16.4. The number of nitrogens with one attached hydrogen (secondary N) is 1. The number of carboxylic acid groups (broad SMARTS) is 1. The van der Waals surface area contributed by atoms with E-state index in [0.717, 1.165) is 11.1 Å². The number of amides is 2. The summed E-state index contributed by atoms with van der Waals surface area (Å²) in [7, 11) is 0. The lowest BCUT2D eigenvalue weighted by Gasteiger charge is -2.34. The zero-order valence-electron chi connectivity index (χ0n) is 15.2. The van der Waals surface area contributed by atoms with Crippen molar-refractivity contribution in [1.29, 1.82) is 0 Å². The summed E-state index contributed by atoms with van der Waals surface area (Å²) in [5.74, 6) is -0.844. The van der Waals surface area contributed by atoms with E-state index in [1.807, 2.05) is 25.1 Å². The van der Waals surface area contributed by atoms with Crippen molar-refractivity contribution in [2.24, 2.45) is 10.8 Å². The number of rotatable bonds is 3. The molecule has 0 radical (unpaired) electrons. The molecule has 0 bridgehead atoms. The van der Waals surface area contributed by atoms with E-state index in [9.17, 15) is 14.7 Å². The van der Waals surface area contributed by atoms with Crippen molar-refractivity contribution in [3.8, 4) is 0 Å². The Hall–Kier alpha value is -2.04. The summed E-state index contributed by atoms with van der Waals surface area (Å²) < 4.78 is 0. The Morgan fingerprint density at radius 3 is 2.50 bits per heavy atom. The van der Waals surface area contributed by atoms with Gasteiger partial charge in [0, 0.05) is 13.1 Å². The number of urea groups is 1. The number of hydrogen-bond acceptors (Lipinski definition) is 2. The molecule has 24 heavy (non-hydrogen) atoms. The van der Waals surface area contributed by atoms with Crippen LogP contribution >= 0.6 is 0 Å². The van der Waals surface area contributed by atoms with E-state index >= 15 is 0 Å². The second kappa shape index (κ2) is 6.46. The lowest BCUT2D eigenvalue weighted by Crippen LogP contribution is -2.45. The molecule has 1 heterocycles. The third kappa shape index (κ3) is 3.89. The van der Waals surface area contributed by atoms with Crippen LogP contribution in [-0.4, -0.2) is 35.1 Å². The van der Waals surface area contributed by atoms with Crippen LogP contribution < -0.4 is 5.32 Å². The van der Waals surface area contributed by atoms with Crippen molar-refractivity contribution in [2.75, 3.05) is 13.1 Å². The molecule has 1 fully saturated rings. The van der Waals surface area contributed by atoms with E-state index in [2.05, 4.69) is 32.2 Å². The Bertz CT molecular complexity index is 636. The van der Waals surface area contributed by atoms with E-state index < -0.39 is 11.4 Å². The summed E-state index contributed by atoms with van der Waals surface area (Å²) in [4.78, 5) is 25.7. The molecular weight excluding hydrogens is 304 g/mol. The van der Waals surface area contributed by atoms with Crippen molar-refractivity contribution < 1.29 is 14.7 Å². The van der Waals surface area contributed by atoms with Gasteiger partial charge in [-0.05, 0) is 31.2 Å². The first-order valence-electron chi connectivity index (χ1n) is 8.38. The summed E-state index contributed by atoms with van der Waals surface area (Å²) in [6, 6.07) is 7.80. The highest BCUT2D eigenvalue weighted by Crippen LogP contribution is 2.34. The number of aliphatic carboxylic acids is 1. The van der Waals surface area contributed by atoms with Crippen LogP contribution in [0.5, 0.6) is 0 Å². The molecule has 5 heteroatoms. The molecule has 1 aliphatic rings. The monoisotopic (exact) mass is 332 g/mol. The molecule has 132 valence electrons. The van der Waals surface area contributed by atoms with Gasteiger partial charge in [-0.15, -0.1) is 0 Å². The number of carbonyl (C=O) groups excluding carboxylic acids is 1. The molecule has 1 aromatic carbocycles. The normalized spacial score (nSPS) is 22.3. The predicted octanol–water partition coefficient (Wildman–Crippen LogP) is 3.59. The molecule has 2 N–H and O–H groups in total. The molecule has 5 nitrogen and oxygen atoms in total. The number of likely N-dealkylation sites (tertiary alicyclic amines) is 1. The molecule has 0 spiro atoms. The second-order valence-electron chi connectivity index (χ2n) is 8.20. The maximum atomic E-state index is 12.7. The summed E-state index contributed by atoms with van der Waals surface area (Å²) in [6.45, 7) is 10.7. The minimum Gasteiger partial charge on any atom is -0.481 e. The first-order valence-corrected chi connectivity index (χ1v) is 8.38. The number of benzene rings is 1. The topological polar surface area (TPSA) is 69.6 Å². The summed E-state index contributed by atoms with van der Waals surface area (Å²) in [5, 5.41) is 12.4. The van der Waals surface area contributed by atoms with Gasteiger partial charge in [0.1, 0.15) is 0 Å². The second-order valence-corrected chi connectivity index (χ2v) is 8.20. The minimum absolute atomic E-state index is 0.137. The van der Waals surface area contributed by atoms with E-state index in [4.69, 9.17) is 0 Å². The van der Waals surface area contributed by atoms with Gasteiger partial charge in [0.15, 0.2) is 0 Å². The fraction of sp³-hybridized carbons (Fsp3) is 0.579. The van der Waals surface area contributed by atoms with Crippen LogP contribution in [0.25, 0.3) is 0 Å². The highest BCUT2D eigenvalue weighted by molar-refractivity contribution is 5.79. The Labute approximate surface area is 144 Å². The standard InChI is InChI=1S/C19H28N2O3/c1-13-7-6-8-14(11-13)15(18(2,3)4)20-17(24)21-10-9-19(5,12-21)16(22)23/h6-8,11,15H,9-10,12H2,1-5H3,(H,20,24)(H,22,23). The third-order valence-electron chi connectivity index (χ3n) is 4.79. The van der Waals surface area contributed by atoms with Crippen molar-refractivity contribution in [3.05, 3.63) is 35.4 Å². The quantitative estimate of drug-likeness (QED) is 0.889. The van der Waals surface area contributed by atoms with Gasteiger partial charge in [0.25, 0.3) is 0 Å². The molecule has 1 saturated heterocycles. The van der Waals surface area contributed by atoms with Crippen molar-refractivity contribution >= 4 is 12.0 Å². The number of carboxylic acids is 1. The average molecular weight is 332 g/mol. The maximum Gasteiger partial charge on any atom is 0.317 e. The minimum atomic E-state index is -0.849. The van der Waals surface area contributed by atoms with Crippen LogP contribution in [-0.2, 0) is 4.79 Å². The maximum absolute atomic E-state index is 12.7. The predicted molar refractivity (Wildman–Crippen MR) is 93.8 cm³/mol. The molecule has 2 rings (SSSR count). The van der Waals surface area contributed by atoms with Gasteiger partial charge in [-0.25, -0.2) is 4.79 Å². The number of hydrogen-bond donors (Lipinski definition) is 2. The Morgan fingerprint density at radius 2 is 2.00 bits per heavy atom. The van der Waals surface area contributed by atoms with Crippen LogP contribution in [0, 0.1) is 17.8 Å². The van der Waals surface area contributed by atoms with Crippen LogP contribution in [0.2, 0.25) is 0 Å². The number of aryl methyl sites for hydroxylation is 1. The third-order valence-corrected chi connectivity index (χ3v) is 4.79. The molecule has 2 amide bonds. The van der Waals surface area contributed by atoms with Gasteiger partial charge < -0.3 is 15.3 Å². The number of carbonyl (C=O) groups is 2. The smallest absolute Gasteiger partial charge is 0.317 e. The lowest BCUT2D eigenvalue weighted by molar-refractivity contribution is -0.147.